The van der Waals surface area contributed by atoms with Crippen LogP contribution < -0.4 is 0 Å². The molecule has 0 saturated carbocycles. The fourth-order valence-electron chi connectivity index (χ4n) is 2.39. The summed E-state index contributed by atoms with van der Waals surface area (Å²) in [5.41, 5.74) is 2.05. The number of ketones is 1. The molecule has 0 radical (unpaired) electrons. The van der Waals surface area contributed by atoms with E-state index in [0.717, 1.165) is 18.4 Å². The fraction of sp³-hybridized carbons (Fsp3) is 0.308. The van der Waals surface area contributed by atoms with Gasteiger partial charge in [0, 0.05) is 11.5 Å². The van der Waals surface area contributed by atoms with Gasteiger partial charge in [-0.2, -0.15) is 5.10 Å². The van der Waals surface area contributed by atoms with Crippen molar-refractivity contribution in [3.63, 3.8) is 0 Å². The maximum Gasteiger partial charge on any atom is 0.168 e. The average Bonchev–Trinajstić information content (AvgIpc) is 2.86. The quantitative estimate of drug-likeness (QED) is 0.784. The number of rotatable bonds is 2. The first-order chi connectivity index (χ1) is 8.34. The number of nitrogens with zero attached hydrogens (tertiary/aromatic N) is 3. The molecule has 1 heterocycles. The molecule has 1 aromatic carbocycles. The standard InChI is InChI=1S/C13H13N3O/c17-13-11(7-16-9-14-8-15-16)6-5-10-3-1-2-4-12(10)13/h1-4,8-9,11H,5-7H2/t11-/m1/s1. The van der Waals surface area contributed by atoms with Crippen LogP contribution in [0.5, 0.6) is 0 Å². The summed E-state index contributed by atoms with van der Waals surface area (Å²) in [6.07, 6.45) is 5.03. The summed E-state index contributed by atoms with van der Waals surface area (Å²) in [4.78, 5) is 16.2. The third-order valence-corrected chi connectivity index (χ3v) is 3.29. The number of carbonyl (C=O) groups excluding carboxylic acids is 1. The molecule has 17 heavy (non-hydrogen) atoms. The molecule has 0 aliphatic heterocycles. The second-order valence-corrected chi connectivity index (χ2v) is 4.37. The lowest BCUT2D eigenvalue weighted by atomic mass is 9.83. The zero-order chi connectivity index (χ0) is 11.7. The summed E-state index contributed by atoms with van der Waals surface area (Å²) in [5.74, 6) is 0.272. The van der Waals surface area contributed by atoms with Crippen molar-refractivity contribution in [1.82, 2.24) is 14.8 Å². The zero-order valence-electron chi connectivity index (χ0n) is 9.41. The minimum absolute atomic E-state index is 0.0339. The summed E-state index contributed by atoms with van der Waals surface area (Å²) in [6, 6.07) is 7.88. The molecule has 0 amide bonds. The van der Waals surface area contributed by atoms with Crippen LogP contribution in [0.2, 0.25) is 0 Å². The van der Waals surface area contributed by atoms with Gasteiger partial charge in [-0.1, -0.05) is 24.3 Å². The van der Waals surface area contributed by atoms with Crippen LogP contribution in [0.3, 0.4) is 0 Å². The van der Waals surface area contributed by atoms with Gasteiger partial charge in [-0.05, 0) is 18.4 Å². The number of aryl methyl sites for hydroxylation is 1. The number of benzene rings is 1. The van der Waals surface area contributed by atoms with Crippen LogP contribution >= 0.6 is 0 Å². The van der Waals surface area contributed by atoms with Crippen LogP contribution in [0.4, 0.5) is 0 Å². The summed E-state index contributed by atoms with van der Waals surface area (Å²) in [7, 11) is 0. The SMILES string of the molecule is O=C1c2ccccc2CC[C@@H]1Cn1cncn1. The molecule has 1 atom stereocenters. The lowest BCUT2D eigenvalue weighted by Gasteiger charge is -2.22. The van der Waals surface area contributed by atoms with Gasteiger partial charge in [0.15, 0.2) is 5.78 Å². The number of aromatic nitrogens is 3. The van der Waals surface area contributed by atoms with Gasteiger partial charge in [0.05, 0.1) is 6.54 Å². The Morgan fingerprint density at radius 3 is 3.06 bits per heavy atom. The Kier molecular flexibility index (Phi) is 2.48. The van der Waals surface area contributed by atoms with E-state index in [1.54, 1.807) is 11.0 Å². The van der Waals surface area contributed by atoms with Gasteiger partial charge in [-0.25, -0.2) is 4.98 Å². The van der Waals surface area contributed by atoms with Gasteiger partial charge < -0.3 is 0 Å². The third-order valence-electron chi connectivity index (χ3n) is 3.29. The topological polar surface area (TPSA) is 47.8 Å². The first-order valence-corrected chi connectivity index (χ1v) is 5.79. The largest absolute Gasteiger partial charge is 0.294 e. The van der Waals surface area contributed by atoms with Crippen molar-refractivity contribution in [2.45, 2.75) is 19.4 Å². The molecule has 4 nitrogen and oxygen atoms in total. The smallest absolute Gasteiger partial charge is 0.168 e. The molecule has 2 aromatic rings. The highest BCUT2D eigenvalue weighted by Gasteiger charge is 2.27. The Balaban J connectivity index is 1.84. The highest BCUT2D eigenvalue weighted by molar-refractivity contribution is 6.00. The summed E-state index contributed by atoms with van der Waals surface area (Å²) in [6.45, 7) is 0.632. The van der Waals surface area contributed by atoms with Crippen molar-refractivity contribution >= 4 is 5.78 Å². The molecule has 0 saturated heterocycles. The lowest BCUT2D eigenvalue weighted by Crippen LogP contribution is -2.26. The van der Waals surface area contributed by atoms with Gasteiger partial charge in [-0.3, -0.25) is 9.48 Å². The van der Waals surface area contributed by atoms with Gasteiger partial charge in [-0.15, -0.1) is 0 Å². The highest BCUT2D eigenvalue weighted by atomic mass is 16.1. The molecule has 1 aliphatic carbocycles. The normalized spacial score (nSPS) is 19.1. The molecule has 0 unspecified atom stereocenters. The number of fused-ring (bicyclic) bond motifs is 1. The maximum atomic E-state index is 12.3. The van der Waals surface area contributed by atoms with Crippen LogP contribution in [0.25, 0.3) is 0 Å². The van der Waals surface area contributed by atoms with E-state index in [-0.39, 0.29) is 11.7 Å². The lowest BCUT2D eigenvalue weighted by molar-refractivity contribution is 0.0884. The minimum Gasteiger partial charge on any atom is -0.294 e. The summed E-state index contributed by atoms with van der Waals surface area (Å²) < 4.78 is 1.73. The van der Waals surface area contributed by atoms with Gasteiger partial charge in [0.2, 0.25) is 0 Å². The maximum absolute atomic E-state index is 12.3. The highest BCUT2D eigenvalue weighted by Crippen LogP contribution is 2.26. The van der Waals surface area contributed by atoms with Crippen molar-refractivity contribution in [2.75, 3.05) is 0 Å². The van der Waals surface area contributed by atoms with Gasteiger partial charge >= 0.3 is 0 Å². The minimum atomic E-state index is 0.0339. The van der Waals surface area contributed by atoms with E-state index in [1.165, 1.54) is 11.9 Å². The van der Waals surface area contributed by atoms with E-state index in [1.807, 2.05) is 24.3 Å². The number of hydrogen-bond donors (Lipinski definition) is 0. The van der Waals surface area contributed by atoms with E-state index >= 15 is 0 Å². The third kappa shape index (κ3) is 1.86. The van der Waals surface area contributed by atoms with Crippen molar-refractivity contribution in [2.24, 2.45) is 5.92 Å². The van der Waals surface area contributed by atoms with E-state index in [2.05, 4.69) is 10.1 Å². The molecule has 0 N–H and O–H groups in total. The summed E-state index contributed by atoms with van der Waals surface area (Å²) in [5, 5.41) is 4.05. The molecule has 3 rings (SSSR count). The molecule has 0 spiro atoms. The van der Waals surface area contributed by atoms with Crippen LogP contribution in [0, 0.1) is 5.92 Å². The van der Waals surface area contributed by atoms with Gasteiger partial charge in [0.25, 0.3) is 0 Å². The van der Waals surface area contributed by atoms with E-state index < -0.39 is 0 Å². The van der Waals surface area contributed by atoms with Crippen molar-refractivity contribution in [1.29, 1.82) is 0 Å². The molecule has 4 heteroatoms. The van der Waals surface area contributed by atoms with Crippen LogP contribution in [-0.4, -0.2) is 20.5 Å². The fourth-order valence-corrected chi connectivity index (χ4v) is 2.39. The second kappa shape index (κ2) is 4.13. The predicted molar refractivity (Wildman–Crippen MR) is 62.6 cm³/mol. The molecular formula is C13H13N3O. The average molecular weight is 227 g/mol. The van der Waals surface area contributed by atoms with Gasteiger partial charge in [0.1, 0.15) is 12.7 Å². The molecule has 0 fully saturated rings. The first-order valence-electron chi connectivity index (χ1n) is 5.79. The first kappa shape index (κ1) is 10.2. The number of carbonyl (C=O) groups is 1. The Bertz CT molecular complexity index is 533. The van der Waals surface area contributed by atoms with E-state index in [9.17, 15) is 4.79 Å². The second-order valence-electron chi connectivity index (χ2n) is 4.37. The van der Waals surface area contributed by atoms with Crippen molar-refractivity contribution in [3.8, 4) is 0 Å². The van der Waals surface area contributed by atoms with Crippen LogP contribution in [0.15, 0.2) is 36.9 Å². The molecular weight excluding hydrogens is 214 g/mol. The molecule has 1 aromatic heterocycles. The van der Waals surface area contributed by atoms with Crippen LogP contribution in [0.1, 0.15) is 22.3 Å². The molecule has 86 valence electrons. The number of Topliss-reactive ketones (excluding diaryl/α,β-unsaturated/α-hetero) is 1. The molecule has 0 bridgehead atoms. The van der Waals surface area contributed by atoms with E-state index in [0.29, 0.717) is 6.54 Å². The monoisotopic (exact) mass is 227 g/mol. The number of hydrogen-bond acceptors (Lipinski definition) is 3. The Labute approximate surface area is 99.3 Å². The predicted octanol–water partition coefficient (Wildman–Crippen LogP) is 1.72. The zero-order valence-corrected chi connectivity index (χ0v) is 9.41. The Morgan fingerprint density at radius 2 is 2.24 bits per heavy atom. The summed E-state index contributed by atoms with van der Waals surface area (Å²) >= 11 is 0. The van der Waals surface area contributed by atoms with Crippen molar-refractivity contribution in [3.05, 3.63) is 48.0 Å². The Morgan fingerprint density at radius 1 is 1.35 bits per heavy atom. The molecule has 1 aliphatic rings. The van der Waals surface area contributed by atoms with Crippen LogP contribution in [-0.2, 0) is 13.0 Å². The van der Waals surface area contributed by atoms with Crippen molar-refractivity contribution < 1.29 is 4.79 Å². The van der Waals surface area contributed by atoms with E-state index in [4.69, 9.17) is 0 Å². The Hall–Kier alpha value is -1.97.